The summed E-state index contributed by atoms with van der Waals surface area (Å²) in [6.45, 7) is 3.45. The number of carboxylic acid groups (broad SMARTS) is 1. The normalized spacial score (nSPS) is 12.5. The van der Waals surface area contributed by atoms with Gasteiger partial charge in [0, 0.05) is 11.9 Å². The van der Waals surface area contributed by atoms with Gasteiger partial charge in [0.15, 0.2) is 5.16 Å². The number of hydrogen-bond donors (Lipinski definition) is 1. The highest BCUT2D eigenvalue weighted by Gasteiger charge is 2.13. The van der Waals surface area contributed by atoms with Crippen LogP contribution in [0.25, 0.3) is 0 Å². The van der Waals surface area contributed by atoms with E-state index in [9.17, 15) is 4.79 Å². The first-order valence-electron chi connectivity index (χ1n) is 3.78. The summed E-state index contributed by atoms with van der Waals surface area (Å²) in [6, 6.07) is 1.77. The van der Waals surface area contributed by atoms with Gasteiger partial charge in [-0.2, -0.15) is 0 Å². The molecule has 0 bridgehead atoms. The van der Waals surface area contributed by atoms with Crippen molar-refractivity contribution in [3.8, 4) is 0 Å². The number of rotatable bonds is 3. The summed E-state index contributed by atoms with van der Waals surface area (Å²) in [7, 11) is 0. The van der Waals surface area contributed by atoms with Gasteiger partial charge in [0.25, 0.3) is 0 Å². The predicted octanol–water partition coefficient (Wildman–Crippen LogP) is 1.35. The summed E-state index contributed by atoms with van der Waals surface area (Å²) in [4.78, 5) is 18.5. The Morgan fingerprint density at radius 2 is 2.38 bits per heavy atom. The molecule has 0 radical (unpaired) electrons. The molecule has 70 valence electrons. The van der Waals surface area contributed by atoms with Crippen LogP contribution in [-0.2, 0) is 4.79 Å². The second-order valence-corrected chi connectivity index (χ2v) is 3.89. The number of aliphatic carboxylic acids is 1. The lowest BCUT2D eigenvalue weighted by atomic mass is 10.5. The molecule has 0 spiro atoms. The molecule has 1 rings (SSSR count). The third-order valence-corrected chi connectivity index (χ3v) is 2.37. The van der Waals surface area contributed by atoms with Crippen molar-refractivity contribution in [1.29, 1.82) is 0 Å². The van der Waals surface area contributed by atoms with E-state index < -0.39 is 11.2 Å². The Morgan fingerprint density at radius 1 is 1.69 bits per heavy atom. The number of nitrogens with zero attached hydrogens (tertiary/aromatic N) is 2. The van der Waals surface area contributed by atoms with Crippen molar-refractivity contribution < 1.29 is 9.90 Å². The molecule has 1 heterocycles. The Balaban J connectivity index is 2.69. The lowest BCUT2D eigenvalue weighted by molar-refractivity contribution is -0.136. The SMILES string of the molecule is Cc1ccnc(SC(C)C(=O)O)n1. The minimum atomic E-state index is -0.852. The van der Waals surface area contributed by atoms with Gasteiger partial charge in [0.1, 0.15) is 5.25 Å². The van der Waals surface area contributed by atoms with E-state index in [1.165, 1.54) is 0 Å². The lowest BCUT2D eigenvalue weighted by Gasteiger charge is -2.03. The zero-order valence-corrected chi connectivity index (χ0v) is 8.21. The van der Waals surface area contributed by atoms with E-state index >= 15 is 0 Å². The zero-order valence-electron chi connectivity index (χ0n) is 7.39. The predicted molar refractivity (Wildman–Crippen MR) is 49.7 cm³/mol. The molecule has 13 heavy (non-hydrogen) atoms. The van der Waals surface area contributed by atoms with Crippen molar-refractivity contribution >= 4 is 17.7 Å². The molecule has 0 fully saturated rings. The van der Waals surface area contributed by atoms with Gasteiger partial charge in [-0.25, -0.2) is 9.97 Å². The van der Waals surface area contributed by atoms with E-state index in [0.717, 1.165) is 17.5 Å². The molecule has 1 unspecified atom stereocenters. The molecule has 0 saturated carbocycles. The maximum atomic E-state index is 10.5. The van der Waals surface area contributed by atoms with Gasteiger partial charge >= 0.3 is 5.97 Å². The van der Waals surface area contributed by atoms with Crippen molar-refractivity contribution in [2.45, 2.75) is 24.3 Å². The average molecular weight is 198 g/mol. The molecule has 0 aromatic carbocycles. The van der Waals surface area contributed by atoms with Crippen LogP contribution < -0.4 is 0 Å². The van der Waals surface area contributed by atoms with Gasteiger partial charge in [-0.3, -0.25) is 4.79 Å². The average Bonchev–Trinajstić information content (AvgIpc) is 2.04. The molecular weight excluding hydrogens is 188 g/mol. The van der Waals surface area contributed by atoms with E-state index in [2.05, 4.69) is 9.97 Å². The van der Waals surface area contributed by atoms with Gasteiger partial charge in [-0.1, -0.05) is 11.8 Å². The smallest absolute Gasteiger partial charge is 0.316 e. The summed E-state index contributed by atoms with van der Waals surface area (Å²) < 4.78 is 0. The summed E-state index contributed by atoms with van der Waals surface area (Å²) in [5.41, 5.74) is 0.843. The van der Waals surface area contributed by atoms with Crippen molar-refractivity contribution in [2.24, 2.45) is 0 Å². The van der Waals surface area contributed by atoms with Gasteiger partial charge in [0.2, 0.25) is 0 Å². The maximum Gasteiger partial charge on any atom is 0.316 e. The highest BCUT2D eigenvalue weighted by molar-refractivity contribution is 8.00. The monoisotopic (exact) mass is 198 g/mol. The summed E-state index contributed by atoms with van der Waals surface area (Å²) in [5.74, 6) is -0.852. The number of carbonyl (C=O) groups is 1. The standard InChI is InChI=1S/C8H10N2O2S/c1-5-3-4-9-8(10-5)13-6(2)7(11)12/h3-4,6H,1-2H3,(H,11,12). The first-order valence-corrected chi connectivity index (χ1v) is 4.66. The second kappa shape index (κ2) is 4.23. The number of carboxylic acids is 1. The molecule has 1 aromatic heterocycles. The fraction of sp³-hybridized carbons (Fsp3) is 0.375. The van der Waals surface area contributed by atoms with Crippen LogP contribution in [0, 0.1) is 6.92 Å². The van der Waals surface area contributed by atoms with E-state index in [1.807, 2.05) is 6.92 Å². The van der Waals surface area contributed by atoms with Crippen molar-refractivity contribution in [2.75, 3.05) is 0 Å². The number of aryl methyl sites for hydroxylation is 1. The first kappa shape index (κ1) is 9.98. The summed E-state index contributed by atoms with van der Waals surface area (Å²) in [6.07, 6.45) is 1.62. The van der Waals surface area contributed by atoms with Crippen LogP contribution >= 0.6 is 11.8 Å². The molecular formula is C8H10N2O2S. The minimum Gasteiger partial charge on any atom is -0.480 e. The van der Waals surface area contributed by atoms with Gasteiger partial charge < -0.3 is 5.11 Å². The lowest BCUT2D eigenvalue weighted by Crippen LogP contribution is -2.11. The van der Waals surface area contributed by atoms with E-state index in [1.54, 1.807) is 19.2 Å². The molecule has 0 amide bonds. The van der Waals surface area contributed by atoms with Crippen LogP contribution in [0.1, 0.15) is 12.6 Å². The third-order valence-electron chi connectivity index (χ3n) is 1.40. The molecule has 4 nitrogen and oxygen atoms in total. The zero-order chi connectivity index (χ0) is 9.84. The summed E-state index contributed by atoms with van der Waals surface area (Å²) in [5, 5.41) is 8.63. The van der Waals surface area contributed by atoms with Crippen molar-refractivity contribution in [3.05, 3.63) is 18.0 Å². The molecule has 1 N–H and O–H groups in total. The van der Waals surface area contributed by atoms with Crippen LogP contribution in [0.4, 0.5) is 0 Å². The molecule has 0 saturated heterocycles. The van der Waals surface area contributed by atoms with E-state index in [-0.39, 0.29) is 0 Å². The highest BCUT2D eigenvalue weighted by atomic mass is 32.2. The number of thioether (sulfide) groups is 1. The number of hydrogen-bond acceptors (Lipinski definition) is 4. The number of aromatic nitrogens is 2. The summed E-state index contributed by atoms with van der Waals surface area (Å²) >= 11 is 1.14. The second-order valence-electron chi connectivity index (χ2n) is 2.58. The Morgan fingerprint density at radius 3 is 2.92 bits per heavy atom. The topological polar surface area (TPSA) is 63.1 Å². The first-order chi connectivity index (χ1) is 6.09. The molecule has 1 aromatic rings. The fourth-order valence-corrected chi connectivity index (χ4v) is 1.43. The largest absolute Gasteiger partial charge is 0.480 e. The van der Waals surface area contributed by atoms with Crippen LogP contribution in [-0.4, -0.2) is 26.3 Å². The van der Waals surface area contributed by atoms with Gasteiger partial charge in [-0.05, 0) is 19.9 Å². The van der Waals surface area contributed by atoms with Crippen LogP contribution in [0.3, 0.4) is 0 Å². The van der Waals surface area contributed by atoms with E-state index in [0.29, 0.717) is 5.16 Å². The molecule has 0 aliphatic carbocycles. The highest BCUT2D eigenvalue weighted by Crippen LogP contribution is 2.18. The quantitative estimate of drug-likeness (QED) is 0.586. The Bertz CT molecular complexity index is 317. The maximum absolute atomic E-state index is 10.5. The fourth-order valence-electron chi connectivity index (χ4n) is 0.691. The van der Waals surface area contributed by atoms with Gasteiger partial charge in [0.05, 0.1) is 0 Å². The van der Waals surface area contributed by atoms with Crippen LogP contribution in [0.2, 0.25) is 0 Å². The molecule has 0 aliphatic rings. The van der Waals surface area contributed by atoms with E-state index in [4.69, 9.17) is 5.11 Å². The van der Waals surface area contributed by atoms with Crippen molar-refractivity contribution in [3.63, 3.8) is 0 Å². The Kier molecular flexibility index (Phi) is 3.25. The van der Waals surface area contributed by atoms with Crippen LogP contribution in [0.15, 0.2) is 17.4 Å². The molecule has 1 atom stereocenters. The Hall–Kier alpha value is -1.10. The van der Waals surface area contributed by atoms with Crippen molar-refractivity contribution in [1.82, 2.24) is 9.97 Å². The Labute approximate surface area is 80.4 Å². The van der Waals surface area contributed by atoms with Crippen LogP contribution in [0.5, 0.6) is 0 Å². The minimum absolute atomic E-state index is 0.509. The van der Waals surface area contributed by atoms with Gasteiger partial charge in [-0.15, -0.1) is 0 Å². The third kappa shape index (κ3) is 3.02. The molecule has 0 aliphatic heterocycles. The molecule has 5 heteroatoms.